The van der Waals surface area contributed by atoms with Gasteiger partial charge in [0.1, 0.15) is 6.61 Å². The van der Waals surface area contributed by atoms with Crippen LogP contribution in [-0.4, -0.2) is 15.7 Å². The van der Waals surface area contributed by atoms with Crippen LogP contribution in [0.25, 0.3) is 10.8 Å². The van der Waals surface area contributed by atoms with E-state index in [1.165, 1.54) is 4.68 Å². The summed E-state index contributed by atoms with van der Waals surface area (Å²) >= 11 is 0. The van der Waals surface area contributed by atoms with E-state index >= 15 is 0 Å². The van der Waals surface area contributed by atoms with Crippen molar-refractivity contribution in [2.75, 3.05) is 0 Å². The van der Waals surface area contributed by atoms with Crippen LogP contribution in [-0.2, 0) is 29.6 Å². The quantitative estimate of drug-likeness (QED) is 0.683. The molecule has 3 aromatic rings. The molecule has 0 saturated heterocycles. The third kappa shape index (κ3) is 3.56. The predicted molar refractivity (Wildman–Crippen MR) is 91.6 cm³/mol. The second kappa shape index (κ2) is 6.97. The van der Waals surface area contributed by atoms with E-state index in [-0.39, 0.29) is 18.6 Å². The van der Waals surface area contributed by atoms with Crippen LogP contribution in [0.3, 0.4) is 0 Å². The van der Waals surface area contributed by atoms with Crippen molar-refractivity contribution in [1.82, 2.24) is 9.78 Å². The molecule has 6 nitrogen and oxygen atoms in total. The minimum absolute atomic E-state index is 0.0351. The first kappa shape index (κ1) is 16.4. The Morgan fingerprint density at radius 3 is 2.72 bits per heavy atom. The molecule has 6 heteroatoms. The van der Waals surface area contributed by atoms with Crippen molar-refractivity contribution in [3.63, 3.8) is 0 Å². The predicted octanol–water partition coefficient (Wildman–Crippen LogP) is 2.09. The van der Waals surface area contributed by atoms with E-state index in [1.54, 1.807) is 55.6 Å². The summed E-state index contributed by atoms with van der Waals surface area (Å²) in [7, 11) is 1.55. The summed E-state index contributed by atoms with van der Waals surface area (Å²) < 4.78 is 6.50. The van der Waals surface area contributed by atoms with Gasteiger partial charge in [0.05, 0.1) is 29.1 Å². The van der Waals surface area contributed by atoms with Gasteiger partial charge in [0, 0.05) is 12.4 Å². The number of aryl methyl sites for hydroxylation is 1. The van der Waals surface area contributed by atoms with E-state index < -0.39 is 5.97 Å². The number of hydrogen-bond donors (Lipinski definition) is 0. The second-order valence-corrected chi connectivity index (χ2v) is 5.57. The van der Waals surface area contributed by atoms with Gasteiger partial charge in [-0.05, 0) is 23.8 Å². The second-order valence-electron chi connectivity index (χ2n) is 5.57. The van der Waals surface area contributed by atoms with Crippen molar-refractivity contribution in [2.24, 2.45) is 7.05 Å². The summed E-state index contributed by atoms with van der Waals surface area (Å²) in [6.07, 6.45) is -0.0351. The fourth-order valence-electron chi connectivity index (χ4n) is 2.59. The number of benzene rings is 2. The van der Waals surface area contributed by atoms with Crippen LogP contribution in [0.5, 0.6) is 0 Å². The molecule has 0 aliphatic carbocycles. The Morgan fingerprint density at radius 1 is 1.20 bits per heavy atom. The molecule has 0 spiro atoms. The van der Waals surface area contributed by atoms with Crippen molar-refractivity contribution in [2.45, 2.75) is 13.0 Å². The van der Waals surface area contributed by atoms with E-state index in [9.17, 15) is 9.59 Å². The first-order valence-electron chi connectivity index (χ1n) is 7.68. The molecule has 25 heavy (non-hydrogen) atoms. The van der Waals surface area contributed by atoms with Crippen LogP contribution in [0.4, 0.5) is 0 Å². The number of nitriles is 1. The van der Waals surface area contributed by atoms with Crippen molar-refractivity contribution in [1.29, 1.82) is 5.26 Å². The van der Waals surface area contributed by atoms with Gasteiger partial charge in [-0.25, -0.2) is 4.68 Å². The van der Waals surface area contributed by atoms with Gasteiger partial charge in [-0.1, -0.05) is 30.3 Å². The Balaban J connectivity index is 1.77. The Morgan fingerprint density at radius 2 is 1.96 bits per heavy atom. The molecule has 0 unspecified atom stereocenters. The minimum atomic E-state index is -0.446. The minimum Gasteiger partial charge on any atom is -0.461 e. The van der Waals surface area contributed by atoms with Crippen LogP contribution in [0.1, 0.15) is 16.8 Å². The zero-order chi connectivity index (χ0) is 17.8. The van der Waals surface area contributed by atoms with Gasteiger partial charge >= 0.3 is 5.97 Å². The first-order valence-corrected chi connectivity index (χ1v) is 7.68. The SMILES string of the molecule is Cn1nc(CC(=O)OCc2cccc(C#N)c2)c2ccccc2c1=O. The van der Waals surface area contributed by atoms with Crippen molar-refractivity contribution in [3.05, 3.63) is 75.7 Å². The first-order chi connectivity index (χ1) is 12.1. The highest BCUT2D eigenvalue weighted by molar-refractivity contribution is 5.86. The highest BCUT2D eigenvalue weighted by atomic mass is 16.5. The molecular weight excluding hydrogens is 318 g/mol. The molecule has 2 aromatic carbocycles. The Kier molecular flexibility index (Phi) is 4.57. The molecule has 1 aromatic heterocycles. The summed E-state index contributed by atoms with van der Waals surface area (Å²) in [6, 6.07) is 16.0. The van der Waals surface area contributed by atoms with Gasteiger partial charge in [-0.15, -0.1) is 0 Å². The van der Waals surface area contributed by atoms with Crippen LogP contribution < -0.4 is 5.56 Å². The van der Waals surface area contributed by atoms with E-state index in [1.807, 2.05) is 6.07 Å². The molecule has 0 radical (unpaired) electrons. The molecule has 0 aliphatic heterocycles. The lowest BCUT2D eigenvalue weighted by Gasteiger charge is -2.08. The van der Waals surface area contributed by atoms with E-state index in [4.69, 9.17) is 10.00 Å². The maximum Gasteiger partial charge on any atom is 0.312 e. The summed E-state index contributed by atoms with van der Waals surface area (Å²) in [5, 5.41) is 14.2. The highest BCUT2D eigenvalue weighted by Crippen LogP contribution is 2.14. The number of carbonyl (C=O) groups is 1. The molecule has 0 amide bonds. The number of rotatable bonds is 4. The van der Waals surface area contributed by atoms with Crippen LogP contribution in [0, 0.1) is 11.3 Å². The lowest BCUT2D eigenvalue weighted by molar-refractivity contribution is -0.144. The zero-order valence-corrected chi connectivity index (χ0v) is 13.6. The number of ether oxygens (including phenoxy) is 1. The number of nitrogens with zero attached hydrogens (tertiary/aromatic N) is 3. The Bertz CT molecular complexity index is 1050. The lowest BCUT2D eigenvalue weighted by atomic mass is 10.1. The number of hydrogen-bond acceptors (Lipinski definition) is 5. The van der Waals surface area contributed by atoms with Crippen molar-refractivity contribution < 1.29 is 9.53 Å². The van der Waals surface area contributed by atoms with Gasteiger partial charge in [0.25, 0.3) is 5.56 Å². The summed E-state index contributed by atoms with van der Waals surface area (Å²) in [5.41, 5.74) is 1.54. The molecule has 1 heterocycles. The smallest absolute Gasteiger partial charge is 0.312 e. The van der Waals surface area contributed by atoms with Gasteiger partial charge < -0.3 is 4.74 Å². The monoisotopic (exact) mass is 333 g/mol. The van der Waals surface area contributed by atoms with Gasteiger partial charge in [0.15, 0.2) is 0 Å². The molecule has 3 rings (SSSR count). The Hall–Kier alpha value is -3.46. The summed E-state index contributed by atoms with van der Waals surface area (Å²) in [6.45, 7) is 0.0814. The molecule has 0 bridgehead atoms. The van der Waals surface area contributed by atoms with Crippen LogP contribution in [0.2, 0.25) is 0 Å². The van der Waals surface area contributed by atoms with Crippen LogP contribution >= 0.6 is 0 Å². The topological polar surface area (TPSA) is 85.0 Å². The largest absolute Gasteiger partial charge is 0.461 e. The maximum atomic E-state index is 12.2. The summed E-state index contributed by atoms with van der Waals surface area (Å²) in [5.74, 6) is -0.446. The number of aromatic nitrogens is 2. The molecule has 0 N–H and O–H groups in total. The molecule has 124 valence electrons. The lowest BCUT2D eigenvalue weighted by Crippen LogP contribution is -2.22. The van der Waals surface area contributed by atoms with Crippen molar-refractivity contribution in [3.8, 4) is 6.07 Å². The standard InChI is InChI=1S/C19H15N3O3/c1-22-19(24)16-8-3-2-7-15(16)17(21-22)10-18(23)25-12-14-6-4-5-13(9-14)11-20/h2-9H,10,12H2,1H3. The van der Waals surface area contributed by atoms with Crippen LogP contribution in [0.15, 0.2) is 53.3 Å². The van der Waals surface area contributed by atoms with E-state index in [0.717, 1.165) is 5.56 Å². The fraction of sp³-hybridized carbons (Fsp3) is 0.158. The van der Waals surface area contributed by atoms with E-state index in [2.05, 4.69) is 5.10 Å². The molecule has 0 atom stereocenters. The normalized spacial score (nSPS) is 10.4. The highest BCUT2D eigenvalue weighted by Gasteiger charge is 2.13. The number of carbonyl (C=O) groups excluding carboxylic acids is 1. The molecule has 0 aliphatic rings. The Labute approximate surface area is 143 Å². The van der Waals surface area contributed by atoms with Crippen molar-refractivity contribution >= 4 is 16.7 Å². The third-order valence-corrected chi connectivity index (χ3v) is 3.80. The zero-order valence-electron chi connectivity index (χ0n) is 13.6. The summed E-state index contributed by atoms with van der Waals surface area (Å²) in [4.78, 5) is 24.3. The molecular formula is C19H15N3O3. The van der Waals surface area contributed by atoms with Gasteiger partial charge in [-0.3, -0.25) is 9.59 Å². The average molecular weight is 333 g/mol. The molecule has 0 fully saturated rings. The maximum absolute atomic E-state index is 12.2. The average Bonchev–Trinajstić information content (AvgIpc) is 2.64. The van der Waals surface area contributed by atoms with Gasteiger partial charge in [0.2, 0.25) is 0 Å². The number of esters is 1. The fourth-order valence-corrected chi connectivity index (χ4v) is 2.59. The molecule has 0 saturated carbocycles. The van der Waals surface area contributed by atoms with Gasteiger partial charge in [-0.2, -0.15) is 10.4 Å². The third-order valence-electron chi connectivity index (χ3n) is 3.80. The number of fused-ring (bicyclic) bond motifs is 1. The van der Waals surface area contributed by atoms with E-state index in [0.29, 0.717) is 22.0 Å².